The van der Waals surface area contributed by atoms with Crippen LogP contribution < -0.4 is 10.3 Å². The van der Waals surface area contributed by atoms with Gasteiger partial charge in [0.05, 0.1) is 54.2 Å². The minimum absolute atomic E-state index is 0.0296. The lowest BCUT2D eigenvalue weighted by Crippen LogP contribution is -2.29. The number of carboxylic acid groups (broad SMARTS) is 1. The lowest BCUT2D eigenvalue weighted by molar-refractivity contribution is 0.0696. The van der Waals surface area contributed by atoms with E-state index in [1.807, 2.05) is 13.8 Å². The van der Waals surface area contributed by atoms with Crippen LogP contribution in [0.15, 0.2) is 59.5 Å². The number of pyridine rings is 2. The number of fused-ring (bicyclic) bond motifs is 1. The largest absolute Gasteiger partial charge is 0.478 e. The Bertz CT molecular complexity index is 2170. The standard InChI is InChI=1S/C33H25F4N5O5/c1-33(2)16-46-15-27(33)42-26-9-19(32(44)45)8-23(36)30(26)40-28(42)13-41-12-24(37)20(10-29(41)43)25-6-5-21(34)31(39-25)47-14-18-4-3-17(11-38)7-22(18)35/h3-10,12,27H,13-16H2,1-2H3,(H,44,45)/t27-/m1/s1. The molecule has 1 aliphatic rings. The van der Waals surface area contributed by atoms with Crippen molar-refractivity contribution in [2.75, 3.05) is 13.2 Å². The second kappa shape index (κ2) is 12.0. The Morgan fingerprint density at radius 2 is 1.85 bits per heavy atom. The molecular weight excluding hydrogens is 622 g/mol. The first kappa shape index (κ1) is 31.4. The topological polar surface area (TPSA) is 132 Å². The van der Waals surface area contributed by atoms with Gasteiger partial charge in [0.2, 0.25) is 0 Å². The summed E-state index contributed by atoms with van der Waals surface area (Å²) < 4.78 is 73.2. The second-order valence-electron chi connectivity index (χ2n) is 11.7. The number of ether oxygens (including phenoxy) is 2. The molecule has 1 N–H and O–H groups in total. The van der Waals surface area contributed by atoms with Crippen LogP contribution in [0.25, 0.3) is 22.3 Å². The van der Waals surface area contributed by atoms with E-state index in [2.05, 4.69) is 9.97 Å². The summed E-state index contributed by atoms with van der Waals surface area (Å²) in [5.74, 6) is -5.14. The molecule has 1 aliphatic heterocycles. The van der Waals surface area contributed by atoms with E-state index in [1.165, 1.54) is 18.2 Å². The molecule has 10 nitrogen and oxygen atoms in total. The molecule has 0 saturated carbocycles. The molecule has 0 unspecified atom stereocenters. The minimum atomic E-state index is -1.33. The number of carbonyl (C=O) groups is 1. The number of aromatic nitrogens is 4. The molecule has 47 heavy (non-hydrogen) atoms. The highest BCUT2D eigenvalue weighted by atomic mass is 19.1. The molecule has 0 amide bonds. The van der Waals surface area contributed by atoms with Crippen molar-refractivity contribution in [2.45, 2.75) is 33.0 Å². The number of hydrogen-bond donors (Lipinski definition) is 1. The molecule has 3 aromatic heterocycles. The maximum Gasteiger partial charge on any atom is 0.335 e. The third-order valence-corrected chi connectivity index (χ3v) is 8.06. The molecular formula is C33H25F4N5O5. The zero-order chi connectivity index (χ0) is 33.6. The van der Waals surface area contributed by atoms with Gasteiger partial charge >= 0.3 is 5.97 Å². The lowest BCUT2D eigenvalue weighted by Gasteiger charge is -2.28. The Labute approximate surface area is 264 Å². The van der Waals surface area contributed by atoms with E-state index in [0.717, 1.165) is 41.1 Å². The molecule has 5 aromatic rings. The van der Waals surface area contributed by atoms with Gasteiger partial charge in [-0.1, -0.05) is 19.9 Å². The fraction of sp³-hybridized carbons (Fsp3) is 0.242. The van der Waals surface area contributed by atoms with Gasteiger partial charge in [-0.05, 0) is 36.4 Å². The summed E-state index contributed by atoms with van der Waals surface area (Å²) in [4.78, 5) is 33.4. The van der Waals surface area contributed by atoms with Gasteiger partial charge in [0.25, 0.3) is 11.4 Å². The van der Waals surface area contributed by atoms with Crippen molar-refractivity contribution in [3.63, 3.8) is 0 Å². The summed E-state index contributed by atoms with van der Waals surface area (Å²) in [5.41, 5.74) is -1.65. The maximum absolute atomic E-state index is 15.6. The summed E-state index contributed by atoms with van der Waals surface area (Å²) in [5, 5.41) is 18.4. The third kappa shape index (κ3) is 5.93. The highest BCUT2D eigenvalue weighted by molar-refractivity contribution is 5.93. The molecule has 0 spiro atoms. The fourth-order valence-electron chi connectivity index (χ4n) is 5.54. The number of nitriles is 1. The normalized spacial score (nSPS) is 15.6. The number of halogens is 4. The van der Waals surface area contributed by atoms with E-state index in [1.54, 1.807) is 10.6 Å². The minimum Gasteiger partial charge on any atom is -0.478 e. The van der Waals surface area contributed by atoms with Crippen molar-refractivity contribution in [1.82, 2.24) is 19.1 Å². The molecule has 1 saturated heterocycles. The first-order valence-corrected chi connectivity index (χ1v) is 14.3. The number of imidazole rings is 1. The number of nitrogens with zero attached hydrogens (tertiary/aromatic N) is 5. The highest BCUT2D eigenvalue weighted by Crippen LogP contribution is 2.40. The first-order chi connectivity index (χ1) is 22.4. The van der Waals surface area contributed by atoms with Crippen molar-refractivity contribution in [1.29, 1.82) is 5.26 Å². The summed E-state index contributed by atoms with van der Waals surface area (Å²) in [6.07, 6.45) is 0.911. The van der Waals surface area contributed by atoms with Crippen LogP contribution in [0.3, 0.4) is 0 Å². The number of benzene rings is 2. The average molecular weight is 648 g/mol. The van der Waals surface area contributed by atoms with Gasteiger partial charge in [0.1, 0.15) is 29.6 Å². The first-order valence-electron chi connectivity index (χ1n) is 14.3. The van der Waals surface area contributed by atoms with Gasteiger partial charge in [-0.3, -0.25) is 4.79 Å². The van der Waals surface area contributed by atoms with Crippen molar-refractivity contribution < 1.29 is 36.9 Å². The molecule has 240 valence electrons. The molecule has 6 rings (SSSR count). The number of hydrogen-bond acceptors (Lipinski definition) is 7. The molecule has 14 heteroatoms. The van der Waals surface area contributed by atoms with E-state index < -0.39 is 58.7 Å². The number of rotatable bonds is 8. The van der Waals surface area contributed by atoms with Crippen molar-refractivity contribution in [2.24, 2.45) is 5.41 Å². The quantitative estimate of drug-likeness (QED) is 0.215. The van der Waals surface area contributed by atoms with E-state index >= 15 is 8.78 Å². The van der Waals surface area contributed by atoms with Crippen LogP contribution >= 0.6 is 0 Å². The Hall–Kier alpha value is -5.55. The van der Waals surface area contributed by atoms with Gasteiger partial charge in [-0.25, -0.2) is 32.3 Å². The fourth-order valence-corrected chi connectivity index (χ4v) is 5.54. The van der Waals surface area contributed by atoms with Gasteiger partial charge in [0, 0.05) is 28.8 Å². The van der Waals surface area contributed by atoms with Crippen LogP contribution in [0.2, 0.25) is 0 Å². The van der Waals surface area contributed by atoms with E-state index in [4.69, 9.17) is 14.7 Å². The van der Waals surface area contributed by atoms with Crippen molar-refractivity contribution >= 4 is 17.0 Å². The Morgan fingerprint density at radius 1 is 1.06 bits per heavy atom. The Morgan fingerprint density at radius 3 is 2.53 bits per heavy atom. The number of carboxylic acids is 1. The van der Waals surface area contributed by atoms with Gasteiger partial charge in [-0.2, -0.15) is 5.26 Å². The van der Waals surface area contributed by atoms with Gasteiger partial charge < -0.3 is 23.7 Å². The molecule has 0 aliphatic carbocycles. The van der Waals surface area contributed by atoms with Crippen LogP contribution in [0.5, 0.6) is 5.88 Å². The molecule has 2 aromatic carbocycles. The highest BCUT2D eigenvalue weighted by Gasteiger charge is 2.39. The van der Waals surface area contributed by atoms with Crippen LogP contribution in [-0.2, 0) is 17.9 Å². The van der Waals surface area contributed by atoms with E-state index in [-0.39, 0.29) is 58.0 Å². The maximum atomic E-state index is 15.6. The van der Waals surface area contributed by atoms with E-state index in [9.17, 15) is 23.5 Å². The van der Waals surface area contributed by atoms with Crippen LogP contribution in [-0.4, -0.2) is 43.4 Å². The monoisotopic (exact) mass is 647 g/mol. The average Bonchev–Trinajstić information content (AvgIpc) is 3.56. The van der Waals surface area contributed by atoms with Crippen molar-refractivity contribution in [3.8, 4) is 23.2 Å². The number of aromatic carboxylic acids is 1. The summed E-state index contributed by atoms with van der Waals surface area (Å²) in [6, 6.07) is 10.3. The SMILES string of the molecule is CC1(C)COC[C@H]1n1c(Cn2cc(F)c(-c3ccc(F)c(OCc4ccc(C#N)cc4F)n3)cc2=O)nc2c(F)cc(C(=O)O)cc21. The van der Waals surface area contributed by atoms with Gasteiger partial charge in [0.15, 0.2) is 11.6 Å². The molecule has 1 fully saturated rings. The summed E-state index contributed by atoms with van der Waals surface area (Å²) in [7, 11) is 0. The van der Waals surface area contributed by atoms with Gasteiger partial charge in [-0.15, -0.1) is 0 Å². The second-order valence-corrected chi connectivity index (χ2v) is 11.7. The zero-order valence-electron chi connectivity index (χ0n) is 24.9. The smallest absolute Gasteiger partial charge is 0.335 e. The van der Waals surface area contributed by atoms with Crippen molar-refractivity contribution in [3.05, 3.63) is 111 Å². The molecule has 4 heterocycles. The van der Waals surface area contributed by atoms with E-state index in [0.29, 0.717) is 6.61 Å². The molecule has 0 radical (unpaired) electrons. The van der Waals surface area contributed by atoms with Crippen LogP contribution in [0, 0.1) is 40.0 Å². The zero-order valence-corrected chi connectivity index (χ0v) is 24.9. The lowest BCUT2D eigenvalue weighted by atomic mass is 9.87. The predicted molar refractivity (Wildman–Crippen MR) is 159 cm³/mol. The Kier molecular flexibility index (Phi) is 8.02. The molecule has 0 bridgehead atoms. The van der Waals surface area contributed by atoms with Crippen LogP contribution in [0.4, 0.5) is 17.6 Å². The third-order valence-electron chi connectivity index (χ3n) is 8.06. The summed E-state index contributed by atoms with van der Waals surface area (Å²) in [6.45, 7) is 3.68. The predicted octanol–water partition coefficient (Wildman–Crippen LogP) is 5.61. The van der Waals surface area contributed by atoms with Crippen LogP contribution in [0.1, 0.15) is 47.2 Å². The molecule has 1 atom stereocenters. The Balaban J connectivity index is 1.34. The summed E-state index contributed by atoms with van der Waals surface area (Å²) >= 11 is 0.